The monoisotopic (exact) mass is 186 g/mol. The molecule has 1 saturated carbocycles. The Bertz CT molecular complexity index is 189. The number of aliphatic hydroxyl groups excluding tert-OH is 1. The van der Waals surface area contributed by atoms with E-state index in [1.807, 2.05) is 0 Å². The van der Waals surface area contributed by atoms with Crippen LogP contribution in [0.4, 0.5) is 0 Å². The Morgan fingerprint density at radius 3 is 2.38 bits per heavy atom. The van der Waals surface area contributed by atoms with E-state index in [4.69, 9.17) is 5.11 Å². The lowest BCUT2D eigenvalue weighted by Gasteiger charge is -2.32. The summed E-state index contributed by atoms with van der Waals surface area (Å²) in [5, 5.41) is 18.4. The number of rotatable bonds is 2. The van der Waals surface area contributed by atoms with Crippen LogP contribution >= 0.6 is 0 Å². The molecule has 3 heteroatoms. The molecule has 0 bridgehead atoms. The molecule has 0 saturated heterocycles. The minimum absolute atomic E-state index is 0.491. The molecular weight excluding hydrogens is 168 g/mol. The van der Waals surface area contributed by atoms with Gasteiger partial charge < -0.3 is 10.2 Å². The van der Waals surface area contributed by atoms with Crippen molar-refractivity contribution in [1.82, 2.24) is 0 Å². The van der Waals surface area contributed by atoms with Crippen molar-refractivity contribution in [1.29, 1.82) is 0 Å². The van der Waals surface area contributed by atoms with E-state index in [-0.39, 0.29) is 0 Å². The molecule has 0 spiro atoms. The number of carbonyl (C=O) groups is 1. The van der Waals surface area contributed by atoms with Crippen LogP contribution in [0.1, 0.15) is 33.1 Å². The molecule has 3 atom stereocenters. The molecule has 0 aromatic carbocycles. The fourth-order valence-corrected chi connectivity index (χ4v) is 2.07. The Morgan fingerprint density at radius 1 is 1.38 bits per heavy atom. The molecule has 1 rings (SSSR count). The maximum absolute atomic E-state index is 10.7. The molecule has 1 aliphatic rings. The number of aliphatic hydroxyl groups is 1. The van der Waals surface area contributed by atoms with E-state index in [0.29, 0.717) is 24.7 Å². The second-order valence-electron chi connectivity index (χ2n) is 4.33. The Morgan fingerprint density at radius 2 is 2.00 bits per heavy atom. The van der Waals surface area contributed by atoms with Crippen LogP contribution < -0.4 is 0 Å². The summed E-state index contributed by atoms with van der Waals surface area (Å²) >= 11 is 0. The molecule has 3 nitrogen and oxygen atoms in total. The molecule has 76 valence electrons. The first kappa shape index (κ1) is 10.5. The summed E-state index contributed by atoms with van der Waals surface area (Å²) in [5.74, 6) is -0.347. The van der Waals surface area contributed by atoms with Crippen molar-refractivity contribution in [2.75, 3.05) is 0 Å². The summed E-state index contributed by atoms with van der Waals surface area (Å²) in [6.07, 6.45) is 1.57. The summed E-state index contributed by atoms with van der Waals surface area (Å²) in [7, 11) is 0. The van der Waals surface area contributed by atoms with Crippen LogP contribution in [0.2, 0.25) is 0 Å². The first-order chi connectivity index (χ1) is 6.02. The molecule has 0 heterocycles. The van der Waals surface area contributed by atoms with Crippen molar-refractivity contribution < 1.29 is 15.0 Å². The summed E-state index contributed by atoms with van der Waals surface area (Å²) in [5.41, 5.74) is 0. The SMILES string of the molecule is CC(C)C1CCC(C(=O)O)C(O)C1. The molecule has 3 unspecified atom stereocenters. The van der Waals surface area contributed by atoms with E-state index in [9.17, 15) is 9.90 Å². The maximum Gasteiger partial charge on any atom is 0.309 e. The van der Waals surface area contributed by atoms with Crippen LogP contribution in [0.3, 0.4) is 0 Å². The Balaban J connectivity index is 2.51. The van der Waals surface area contributed by atoms with Crippen LogP contribution in [0.15, 0.2) is 0 Å². The van der Waals surface area contributed by atoms with Gasteiger partial charge in [0.25, 0.3) is 0 Å². The number of carboxylic acids is 1. The highest BCUT2D eigenvalue weighted by molar-refractivity contribution is 5.70. The van der Waals surface area contributed by atoms with Gasteiger partial charge >= 0.3 is 5.97 Å². The van der Waals surface area contributed by atoms with E-state index in [2.05, 4.69) is 13.8 Å². The van der Waals surface area contributed by atoms with E-state index in [1.54, 1.807) is 0 Å². The van der Waals surface area contributed by atoms with Crippen molar-refractivity contribution in [3.63, 3.8) is 0 Å². The van der Waals surface area contributed by atoms with E-state index < -0.39 is 18.0 Å². The molecule has 1 aliphatic carbocycles. The topological polar surface area (TPSA) is 57.5 Å². The maximum atomic E-state index is 10.7. The number of carboxylic acid groups (broad SMARTS) is 1. The third-order valence-corrected chi connectivity index (χ3v) is 3.12. The zero-order chi connectivity index (χ0) is 10.0. The molecule has 1 fully saturated rings. The minimum atomic E-state index is -0.852. The normalized spacial score (nSPS) is 34.9. The van der Waals surface area contributed by atoms with Crippen LogP contribution in [0.5, 0.6) is 0 Å². The van der Waals surface area contributed by atoms with Crippen molar-refractivity contribution >= 4 is 5.97 Å². The highest BCUT2D eigenvalue weighted by Gasteiger charge is 2.34. The number of hydrogen-bond acceptors (Lipinski definition) is 2. The van der Waals surface area contributed by atoms with Crippen LogP contribution in [-0.4, -0.2) is 22.3 Å². The lowest BCUT2D eigenvalue weighted by atomic mass is 9.75. The van der Waals surface area contributed by atoms with Crippen molar-refractivity contribution in [3.8, 4) is 0 Å². The molecule has 0 aromatic heterocycles. The summed E-state index contributed by atoms with van der Waals surface area (Å²) in [6.45, 7) is 4.25. The second-order valence-corrected chi connectivity index (χ2v) is 4.33. The first-order valence-corrected chi connectivity index (χ1v) is 4.93. The molecule has 0 aromatic rings. The van der Waals surface area contributed by atoms with E-state index in [0.717, 1.165) is 6.42 Å². The summed E-state index contributed by atoms with van der Waals surface area (Å²) in [6, 6.07) is 0. The van der Waals surface area contributed by atoms with Gasteiger partial charge in [0.05, 0.1) is 12.0 Å². The smallest absolute Gasteiger partial charge is 0.309 e. The van der Waals surface area contributed by atoms with Crippen LogP contribution in [0.25, 0.3) is 0 Å². The highest BCUT2D eigenvalue weighted by atomic mass is 16.4. The van der Waals surface area contributed by atoms with Gasteiger partial charge in [0.15, 0.2) is 0 Å². The average Bonchev–Trinajstić information content (AvgIpc) is 2.03. The molecule has 0 aliphatic heterocycles. The third kappa shape index (κ3) is 2.44. The van der Waals surface area contributed by atoms with Crippen LogP contribution in [-0.2, 0) is 4.79 Å². The van der Waals surface area contributed by atoms with Crippen molar-refractivity contribution in [2.45, 2.75) is 39.2 Å². The second kappa shape index (κ2) is 4.09. The molecule has 0 amide bonds. The predicted octanol–water partition coefficient (Wildman–Crippen LogP) is 1.50. The molecule has 2 N–H and O–H groups in total. The van der Waals surface area contributed by atoms with Gasteiger partial charge in [-0.2, -0.15) is 0 Å². The van der Waals surface area contributed by atoms with Gasteiger partial charge in [-0.3, -0.25) is 4.79 Å². The van der Waals surface area contributed by atoms with Crippen molar-refractivity contribution in [2.24, 2.45) is 17.8 Å². The van der Waals surface area contributed by atoms with Gasteiger partial charge in [0.2, 0.25) is 0 Å². The number of hydrogen-bond donors (Lipinski definition) is 2. The number of aliphatic carboxylic acids is 1. The average molecular weight is 186 g/mol. The lowest BCUT2D eigenvalue weighted by Crippen LogP contribution is -2.35. The minimum Gasteiger partial charge on any atom is -0.481 e. The third-order valence-electron chi connectivity index (χ3n) is 3.12. The molecule has 0 radical (unpaired) electrons. The Kier molecular flexibility index (Phi) is 3.31. The predicted molar refractivity (Wildman–Crippen MR) is 49.3 cm³/mol. The Labute approximate surface area is 78.8 Å². The first-order valence-electron chi connectivity index (χ1n) is 4.93. The van der Waals surface area contributed by atoms with Gasteiger partial charge in [0.1, 0.15) is 0 Å². The summed E-state index contributed by atoms with van der Waals surface area (Å²) in [4.78, 5) is 10.7. The summed E-state index contributed by atoms with van der Waals surface area (Å²) < 4.78 is 0. The van der Waals surface area contributed by atoms with Gasteiger partial charge in [-0.15, -0.1) is 0 Å². The van der Waals surface area contributed by atoms with Crippen LogP contribution in [0, 0.1) is 17.8 Å². The van der Waals surface area contributed by atoms with E-state index in [1.165, 1.54) is 0 Å². The Hall–Kier alpha value is -0.570. The lowest BCUT2D eigenvalue weighted by molar-refractivity contribution is -0.148. The van der Waals surface area contributed by atoms with Crippen molar-refractivity contribution in [3.05, 3.63) is 0 Å². The quantitative estimate of drug-likeness (QED) is 0.687. The van der Waals surface area contributed by atoms with Gasteiger partial charge in [-0.1, -0.05) is 13.8 Å². The van der Waals surface area contributed by atoms with Gasteiger partial charge in [0, 0.05) is 0 Å². The highest BCUT2D eigenvalue weighted by Crippen LogP contribution is 2.33. The zero-order valence-corrected chi connectivity index (χ0v) is 8.23. The van der Waals surface area contributed by atoms with Gasteiger partial charge in [-0.05, 0) is 31.1 Å². The zero-order valence-electron chi connectivity index (χ0n) is 8.23. The van der Waals surface area contributed by atoms with E-state index >= 15 is 0 Å². The van der Waals surface area contributed by atoms with Gasteiger partial charge in [-0.25, -0.2) is 0 Å². The molecular formula is C10H18O3. The fraction of sp³-hybridized carbons (Fsp3) is 0.900. The molecule has 13 heavy (non-hydrogen) atoms. The fourth-order valence-electron chi connectivity index (χ4n) is 2.07. The largest absolute Gasteiger partial charge is 0.481 e. The standard InChI is InChI=1S/C10H18O3/c1-6(2)7-3-4-8(10(12)13)9(11)5-7/h6-9,11H,3-5H2,1-2H3,(H,12,13).